The molecule has 2 aliphatic rings. The third-order valence-corrected chi connectivity index (χ3v) is 6.08. The van der Waals surface area contributed by atoms with Gasteiger partial charge in [0.2, 0.25) is 0 Å². The number of ether oxygens (including phenoxy) is 2. The van der Waals surface area contributed by atoms with Gasteiger partial charge in [0.05, 0.1) is 25.6 Å². The van der Waals surface area contributed by atoms with Crippen molar-refractivity contribution in [2.75, 3.05) is 24.4 Å². The van der Waals surface area contributed by atoms with Gasteiger partial charge in [-0.1, -0.05) is 42.5 Å². The molecule has 3 N–H and O–H groups in total. The largest absolute Gasteiger partial charge is 0.497 e. The van der Waals surface area contributed by atoms with Crippen molar-refractivity contribution in [2.45, 2.75) is 5.66 Å². The Labute approximate surface area is 195 Å². The van der Waals surface area contributed by atoms with Crippen LogP contribution in [-0.4, -0.2) is 37.5 Å². The molecule has 1 atom stereocenters. The zero-order chi connectivity index (χ0) is 23.9. The number of carbonyl (C=O) groups is 3. The summed E-state index contributed by atoms with van der Waals surface area (Å²) in [6, 6.07) is 23.1. The highest BCUT2D eigenvalue weighted by molar-refractivity contribution is 6.54. The zero-order valence-corrected chi connectivity index (χ0v) is 18.6. The molecule has 8 heteroatoms. The van der Waals surface area contributed by atoms with E-state index in [0.29, 0.717) is 34.1 Å². The summed E-state index contributed by atoms with van der Waals surface area (Å²) in [5.74, 6) is -1.77. The quantitative estimate of drug-likeness (QED) is 0.355. The predicted octanol–water partition coefficient (Wildman–Crippen LogP) is 2.21. The van der Waals surface area contributed by atoms with Gasteiger partial charge in [0.15, 0.2) is 5.69 Å². The van der Waals surface area contributed by atoms with E-state index in [1.807, 2.05) is 54.6 Å². The van der Waals surface area contributed by atoms with Gasteiger partial charge in [-0.2, -0.15) is 0 Å². The number of ketones is 1. The maximum absolute atomic E-state index is 13.6. The number of amides is 1. The number of esters is 1. The summed E-state index contributed by atoms with van der Waals surface area (Å²) in [6.45, 7) is 0. The van der Waals surface area contributed by atoms with Crippen molar-refractivity contribution in [3.05, 3.63) is 90.0 Å². The van der Waals surface area contributed by atoms with E-state index in [0.717, 1.165) is 0 Å². The number of benzene rings is 3. The number of rotatable bonds is 4. The molecule has 0 aromatic heterocycles. The van der Waals surface area contributed by atoms with Gasteiger partial charge in [0.1, 0.15) is 17.0 Å². The van der Waals surface area contributed by atoms with Gasteiger partial charge in [-0.3, -0.25) is 14.9 Å². The van der Waals surface area contributed by atoms with Gasteiger partial charge in [0.25, 0.3) is 5.78 Å². The second-order valence-electron chi connectivity index (χ2n) is 7.90. The number of fused-ring (bicyclic) bond motifs is 2. The molecule has 2 aliphatic heterocycles. The van der Waals surface area contributed by atoms with Gasteiger partial charge < -0.3 is 14.8 Å². The normalized spacial score (nSPS) is 19.2. The van der Waals surface area contributed by atoms with E-state index in [2.05, 4.69) is 5.32 Å². The molecular formula is C26H22N3O5+. The Morgan fingerprint density at radius 1 is 0.912 bits per heavy atom. The minimum atomic E-state index is -1.82. The van der Waals surface area contributed by atoms with Crippen LogP contribution < -0.4 is 20.3 Å². The van der Waals surface area contributed by atoms with Crippen LogP contribution in [0, 0.1) is 0 Å². The number of nitrogens with one attached hydrogen (secondary N) is 1. The summed E-state index contributed by atoms with van der Waals surface area (Å²) in [5, 5.41) is 4.94. The lowest BCUT2D eigenvalue weighted by atomic mass is 9.93. The predicted molar refractivity (Wildman–Crippen MR) is 125 cm³/mol. The van der Waals surface area contributed by atoms with E-state index in [9.17, 15) is 14.4 Å². The van der Waals surface area contributed by atoms with Crippen LogP contribution in [0.1, 0.15) is 5.56 Å². The number of methoxy groups -OCH3 is 2. The lowest BCUT2D eigenvalue weighted by Gasteiger charge is -2.32. The molecule has 0 radical (unpaired) electrons. The third kappa shape index (κ3) is 3.07. The van der Waals surface area contributed by atoms with Gasteiger partial charge in [-0.05, 0) is 35.9 Å². The SMILES string of the molecule is COC(=O)C12[NH2+]c3ccccc3NC(c3ccccc3)=C1C(=O)C(=O)N2c1ccc(OC)cc1. The summed E-state index contributed by atoms with van der Waals surface area (Å²) >= 11 is 0. The highest BCUT2D eigenvalue weighted by Crippen LogP contribution is 2.42. The third-order valence-electron chi connectivity index (χ3n) is 6.08. The lowest BCUT2D eigenvalue weighted by Crippen LogP contribution is -2.99. The van der Waals surface area contributed by atoms with Crippen molar-refractivity contribution >= 4 is 40.4 Å². The van der Waals surface area contributed by atoms with Crippen LogP contribution in [0.4, 0.5) is 17.1 Å². The Morgan fingerprint density at radius 2 is 1.59 bits per heavy atom. The Hall–Kier alpha value is -4.43. The maximum Gasteiger partial charge on any atom is 0.396 e. The Bertz CT molecular complexity index is 1330. The van der Waals surface area contributed by atoms with Crippen molar-refractivity contribution in [3.63, 3.8) is 0 Å². The number of nitrogens with two attached hydrogens (primary N) is 1. The molecule has 1 saturated heterocycles. The highest BCUT2D eigenvalue weighted by atomic mass is 16.5. The van der Waals surface area contributed by atoms with E-state index >= 15 is 0 Å². The topological polar surface area (TPSA) is 102 Å². The number of carbonyl (C=O) groups excluding carboxylic acids is 3. The molecule has 1 unspecified atom stereocenters. The van der Waals surface area contributed by atoms with E-state index in [-0.39, 0.29) is 5.57 Å². The molecule has 1 amide bonds. The minimum Gasteiger partial charge on any atom is -0.497 e. The molecule has 5 rings (SSSR count). The van der Waals surface area contributed by atoms with E-state index in [4.69, 9.17) is 9.47 Å². The van der Waals surface area contributed by atoms with Crippen LogP contribution in [0.3, 0.4) is 0 Å². The molecule has 0 bridgehead atoms. The van der Waals surface area contributed by atoms with Crippen LogP contribution in [0.25, 0.3) is 5.70 Å². The summed E-state index contributed by atoms with van der Waals surface area (Å²) in [7, 11) is 2.78. The first-order chi connectivity index (χ1) is 16.5. The number of nitrogens with zero attached hydrogens (tertiary/aromatic N) is 1. The Kier molecular flexibility index (Phi) is 5.14. The van der Waals surface area contributed by atoms with Crippen LogP contribution >= 0.6 is 0 Å². The standard InChI is InChI=1S/C26H21N3O5/c1-33-18-14-12-17(13-15-18)29-24(31)23(30)21-22(16-8-4-3-5-9-16)27-19-10-6-7-11-20(19)28-26(21,29)25(32)34-2/h3-15,27-28H,1-2H3/p+1. The fourth-order valence-electron chi connectivity index (χ4n) is 4.53. The summed E-state index contributed by atoms with van der Waals surface area (Å²) < 4.78 is 10.5. The molecule has 0 aliphatic carbocycles. The lowest BCUT2D eigenvalue weighted by molar-refractivity contribution is -0.625. The first-order valence-corrected chi connectivity index (χ1v) is 10.6. The molecule has 3 aromatic carbocycles. The van der Waals surface area contributed by atoms with Crippen LogP contribution in [0.2, 0.25) is 0 Å². The summed E-state index contributed by atoms with van der Waals surface area (Å²) in [4.78, 5) is 42.0. The van der Waals surface area contributed by atoms with Gasteiger partial charge in [0, 0.05) is 6.07 Å². The monoisotopic (exact) mass is 456 g/mol. The van der Waals surface area contributed by atoms with Crippen molar-refractivity contribution in [2.24, 2.45) is 0 Å². The molecule has 2 heterocycles. The molecule has 8 nitrogen and oxygen atoms in total. The second kappa shape index (κ2) is 8.17. The van der Waals surface area contributed by atoms with Crippen molar-refractivity contribution in [1.82, 2.24) is 0 Å². The van der Waals surface area contributed by atoms with E-state index in [1.54, 1.807) is 29.6 Å². The average Bonchev–Trinajstić information content (AvgIpc) is 3.01. The van der Waals surface area contributed by atoms with Crippen molar-refractivity contribution in [3.8, 4) is 5.75 Å². The molecule has 1 fully saturated rings. The van der Waals surface area contributed by atoms with Crippen LogP contribution in [0.5, 0.6) is 5.75 Å². The van der Waals surface area contributed by atoms with E-state index in [1.165, 1.54) is 19.1 Å². The Morgan fingerprint density at radius 3 is 2.26 bits per heavy atom. The van der Waals surface area contributed by atoms with Gasteiger partial charge in [-0.15, -0.1) is 0 Å². The fraction of sp³-hybridized carbons (Fsp3) is 0.115. The van der Waals surface area contributed by atoms with Crippen molar-refractivity contribution in [1.29, 1.82) is 0 Å². The van der Waals surface area contributed by atoms with Crippen molar-refractivity contribution < 1.29 is 29.2 Å². The van der Waals surface area contributed by atoms with Gasteiger partial charge >= 0.3 is 17.5 Å². The zero-order valence-electron chi connectivity index (χ0n) is 18.6. The second-order valence-corrected chi connectivity index (χ2v) is 7.90. The molecule has 3 aromatic rings. The number of hydrogen-bond donors (Lipinski definition) is 2. The first-order valence-electron chi connectivity index (χ1n) is 10.6. The van der Waals surface area contributed by atoms with E-state index < -0.39 is 23.3 Å². The number of anilines is 2. The molecule has 0 saturated carbocycles. The summed E-state index contributed by atoms with van der Waals surface area (Å²) in [5.41, 5.74) is 0.946. The smallest absolute Gasteiger partial charge is 0.396 e. The number of Topliss-reactive ketones (excluding diaryl/α,β-unsaturated/α-hetero) is 1. The minimum absolute atomic E-state index is 0.0163. The first kappa shape index (κ1) is 21.4. The fourth-order valence-corrected chi connectivity index (χ4v) is 4.53. The average molecular weight is 456 g/mol. The van der Waals surface area contributed by atoms with Gasteiger partial charge in [-0.25, -0.2) is 9.69 Å². The number of hydrogen-bond acceptors (Lipinski definition) is 6. The number of quaternary nitrogens is 1. The highest BCUT2D eigenvalue weighted by Gasteiger charge is 2.67. The molecule has 0 spiro atoms. The van der Waals surface area contributed by atoms with Crippen LogP contribution in [-0.2, 0) is 19.1 Å². The summed E-state index contributed by atoms with van der Waals surface area (Å²) in [6.07, 6.45) is 0. The molecule has 34 heavy (non-hydrogen) atoms. The molecular weight excluding hydrogens is 434 g/mol. The molecule has 170 valence electrons. The Balaban J connectivity index is 1.86. The maximum atomic E-state index is 13.6. The number of para-hydroxylation sites is 2. The van der Waals surface area contributed by atoms with Crippen LogP contribution in [0.15, 0.2) is 84.4 Å².